The van der Waals surface area contributed by atoms with Crippen LogP contribution in [0.1, 0.15) is 20.3 Å². The van der Waals surface area contributed by atoms with Crippen LogP contribution in [0.2, 0.25) is 0 Å². The average Bonchev–Trinajstić information content (AvgIpc) is 3.35. The van der Waals surface area contributed by atoms with E-state index in [2.05, 4.69) is 20.5 Å². The van der Waals surface area contributed by atoms with Gasteiger partial charge in [-0.05, 0) is 68.5 Å². The van der Waals surface area contributed by atoms with Crippen LogP contribution in [0.25, 0.3) is 21.6 Å². The van der Waals surface area contributed by atoms with E-state index >= 15 is 0 Å². The number of hydrogen-bond donors (Lipinski definition) is 2. The van der Waals surface area contributed by atoms with E-state index in [1.165, 1.54) is 11.3 Å². The number of carbonyl (C=O) groups excluding carboxylic acids is 1. The van der Waals surface area contributed by atoms with E-state index in [0.717, 1.165) is 27.3 Å². The summed E-state index contributed by atoms with van der Waals surface area (Å²) in [5.41, 5.74) is 1.71. The van der Waals surface area contributed by atoms with Crippen LogP contribution in [-0.2, 0) is 11.3 Å². The van der Waals surface area contributed by atoms with E-state index < -0.39 is 0 Å². The van der Waals surface area contributed by atoms with E-state index in [0.29, 0.717) is 35.5 Å². The molecule has 0 saturated carbocycles. The van der Waals surface area contributed by atoms with Crippen molar-refractivity contribution in [2.45, 2.75) is 26.8 Å². The highest BCUT2D eigenvalue weighted by Gasteiger charge is 2.13. The van der Waals surface area contributed by atoms with Crippen LogP contribution in [0.3, 0.4) is 0 Å². The molecule has 0 saturated heterocycles. The van der Waals surface area contributed by atoms with Gasteiger partial charge in [-0.1, -0.05) is 11.3 Å². The summed E-state index contributed by atoms with van der Waals surface area (Å²) in [6.07, 6.45) is 0.234. The number of anilines is 1. The number of H-pyrrole nitrogens is 1. The van der Waals surface area contributed by atoms with Crippen molar-refractivity contribution >= 4 is 44.8 Å². The number of benzene rings is 2. The summed E-state index contributed by atoms with van der Waals surface area (Å²) in [5.74, 6) is 2.11. The van der Waals surface area contributed by atoms with Gasteiger partial charge in [0.05, 0.1) is 23.4 Å². The Balaban J connectivity index is 1.43. The van der Waals surface area contributed by atoms with Gasteiger partial charge in [-0.25, -0.2) is 4.98 Å². The van der Waals surface area contributed by atoms with Crippen molar-refractivity contribution in [3.63, 3.8) is 0 Å². The summed E-state index contributed by atoms with van der Waals surface area (Å²) in [6.45, 7) is 5.48. The second-order valence-electron chi connectivity index (χ2n) is 6.84. The molecule has 0 spiro atoms. The number of aromatic nitrogens is 4. The fourth-order valence-electron chi connectivity index (χ4n) is 3.22. The normalized spacial score (nSPS) is 10.9. The van der Waals surface area contributed by atoms with Gasteiger partial charge in [0.1, 0.15) is 11.5 Å². The van der Waals surface area contributed by atoms with E-state index in [1.54, 1.807) is 0 Å². The molecule has 0 radical (unpaired) electrons. The van der Waals surface area contributed by atoms with Crippen molar-refractivity contribution in [2.75, 3.05) is 18.5 Å². The van der Waals surface area contributed by atoms with Crippen LogP contribution in [0.4, 0.5) is 5.13 Å². The number of amides is 1. The number of nitrogens with one attached hydrogen (secondary N) is 2. The SMILES string of the molecule is CCOc1ccc(-c2n[nH]c(=S)n2CCC(=O)Nc2nc3ccc(OCC)cc3s2)cc1. The first-order valence-electron chi connectivity index (χ1n) is 10.3. The van der Waals surface area contributed by atoms with Gasteiger partial charge < -0.3 is 14.8 Å². The van der Waals surface area contributed by atoms with Gasteiger partial charge in [0.15, 0.2) is 15.7 Å². The Morgan fingerprint density at radius 3 is 2.59 bits per heavy atom. The van der Waals surface area contributed by atoms with Crippen LogP contribution in [-0.4, -0.2) is 38.9 Å². The number of fused-ring (bicyclic) bond motifs is 1. The van der Waals surface area contributed by atoms with E-state index in [1.807, 2.05) is 60.9 Å². The lowest BCUT2D eigenvalue weighted by Crippen LogP contribution is -2.15. The van der Waals surface area contributed by atoms with E-state index in [-0.39, 0.29) is 12.3 Å². The maximum atomic E-state index is 12.6. The Bertz CT molecular complexity index is 1280. The third-order valence-electron chi connectivity index (χ3n) is 4.66. The number of ether oxygens (including phenoxy) is 2. The Morgan fingerprint density at radius 1 is 1.12 bits per heavy atom. The van der Waals surface area contributed by atoms with Crippen LogP contribution >= 0.6 is 23.6 Å². The molecule has 4 aromatic rings. The molecule has 1 amide bonds. The lowest BCUT2D eigenvalue weighted by atomic mass is 10.2. The minimum atomic E-state index is -0.144. The summed E-state index contributed by atoms with van der Waals surface area (Å²) < 4.78 is 14.3. The summed E-state index contributed by atoms with van der Waals surface area (Å²) in [5, 5.41) is 10.6. The summed E-state index contributed by atoms with van der Waals surface area (Å²) in [7, 11) is 0. The molecule has 0 atom stereocenters. The molecular weight excluding hydrogens is 446 g/mol. The molecule has 0 aliphatic rings. The highest BCUT2D eigenvalue weighted by molar-refractivity contribution is 7.71. The molecule has 0 aliphatic carbocycles. The number of hydrogen-bond acceptors (Lipinski definition) is 7. The van der Waals surface area contributed by atoms with Crippen molar-refractivity contribution in [2.24, 2.45) is 0 Å². The minimum Gasteiger partial charge on any atom is -0.494 e. The molecule has 0 fully saturated rings. The second kappa shape index (κ2) is 9.92. The second-order valence-corrected chi connectivity index (χ2v) is 8.26. The van der Waals surface area contributed by atoms with Crippen molar-refractivity contribution in [1.29, 1.82) is 0 Å². The molecule has 10 heteroatoms. The minimum absolute atomic E-state index is 0.144. The topological polar surface area (TPSA) is 94.1 Å². The first kappa shape index (κ1) is 22.0. The van der Waals surface area contributed by atoms with Crippen LogP contribution in [0.15, 0.2) is 42.5 Å². The van der Waals surface area contributed by atoms with Crippen LogP contribution in [0, 0.1) is 4.77 Å². The largest absolute Gasteiger partial charge is 0.494 e. The third-order valence-corrected chi connectivity index (χ3v) is 5.91. The van der Waals surface area contributed by atoms with Crippen LogP contribution in [0.5, 0.6) is 11.5 Å². The molecule has 0 aliphatic heterocycles. The summed E-state index contributed by atoms with van der Waals surface area (Å²) in [6, 6.07) is 13.3. The van der Waals surface area contributed by atoms with Crippen molar-refractivity contribution < 1.29 is 14.3 Å². The summed E-state index contributed by atoms with van der Waals surface area (Å²) >= 11 is 6.78. The smallest absolute Gasteiger partial charge is 0.227 e. The standard InChI is InChI=1S/C22H23N5O3S2/c1-3-29-15-7-5-14(6-8-15)20-25-26-22(31)27(20)12-11-19(28)24-21-23-17-10-9-16(30-4-2)13-18(17)32-21/h5-10,13H,3-4,11-12H2,1-2H3,(H,26,31)(H,23,24,28). The van der Waals surface area contributed by atoms with Gasteiger partial charge in [0.25, 0.3) is 0 Å². The van der Waals surface area contributed by atoms with Gasteiger partial charge in [0, 0.05) is 18.5 Å². The van der Waals surface area contributed by atoms with Gasteiger partial charge >= 0.3 is 0 Å². The molecule has 166 valence electrons. The zero-order valence-corrected chi connectivity index (χ0v) is 19.4. The number of carbonyl (C=O) groups is 1. The molecule has 2 aromatic heterocycles. The van der Waals surface area contributed by atoms with Gasteiger partial charge in [-0.2, -0.15) is 5.10 Å². The monoisotopic (exact) mass is 469 g/mol. The third kappa shape index (κ3) is 4.97. The highest BCUT2D eigenvalue weighted by Crippen LogP contribution is 2.29. The van der Waals surface area contributed by atoms with Crippen molar-refractivity contribution in [3.05, 3.63) is 47.2 Å². The quantitative estimate of drug-likeness (QED) is 0.334. The Morgan fingerprint density at radius 2 is 1.84 bits per heavy atom. The molecule has 0 unspecified atom stereocenters. The first-order chi connectivity index (χ1) is 15.6. The predicted molar refractivity (Wildman–Crippen MR) is 128 cm³/mol. The highest BCUT2D eigenvalue weighted by atomic mass is 32.1. The number of thiazole rings is 1. The molecule has 8 nitrogen and oxygen atoms in total. The van der Waals surface area contributed by atoms with Gasteiger partial charge in [0.2, 0.25) is 5.91 Å². The zero-order chi connectivity index (χ0) is 22.5. The van der Waals surface area contributed by atoms with Crippen LogP contribution < -0.4 is 14.8 Å². The van der Waals surface area contributed by atoms with E-state index in [4.69, 9.17) is 21.7 Å². The number of aromatic amines is 1. The molecule has 2 aromatic carbocycles. The average molecular weight is 470 g/mol. The lowest BCUT2D eigenvalue weighted by Gasteiger charge is -2.08. The molecule has 2 N–H and O–H groups in total. The zero-order valence-electron chi connectivity index (χ0n) is 17.8. The van der Waals surface area contributed by atoms with E-state index in [9.17, 15) is 4.79 Å². The molecule has 4 rings (SSSR count). The Kier molecular flexibility index (Phi) is 6.81. The van der Waals surface area contributed by atoms with Gasteiger partial charge in [-0.3, -0.25) is 14.5 Å². The molecule has 2 heterocycles. The Hall–Kier alpha value is -3.24. The fraction of sp³-hybridized carbons (Fsp3) is 0.273. The summed E-state index contributed by atoms with van der Waals surface area (Å²) in [4.78, 5) is 17.0. The molecule has 0 bridgehead atoms. The van der Waals surface area contributed by atoms with Crippen molar-refractivity contribution in [3.8, 4) is 22.9 Å². The maximum absolute atomic E-state index is 12.6. The number of nitrogens with zero attached hydrogens (tertiary/aromatic N) is 3. The number of rotatable bonds is 9. The molecular formula is C22H23N5O3S2. The van der Waals surface area contributed by atoms with Gasteiger partial charge in [-0.15, -0.1) is 0 Å². The maximum Gasteiger partial charge on any atom is 0.227 e. The lowest BCUT2D eigenvalue weighted by molar-refractivity contribution is -0.116. The van der Waals surface area contributed by atoms with Crippen molar-refractivity contribution in [1.82, 2.24) is 19.7 Å². The fourth-order valence-corrected chi connectivity index (χ4v) is 4.36. The first-order valence-corrected chi connectivity index (χ1v) is 11.5. The Labute approximate surface area is 194 Å². The predicted octanol–water partition coefficient (Wildman–Crippen LogP) is 5.04. The molecule has 32 heavy (non-hydrogen) atoms.